The van der Waals surface area contributed by atoms with E-state index in [4.69, 9.17) is 4.74 Å². The molecular weight excluding hydrogens is 362 g/mol. The van der Waals surface area contributed by atoms with Gasteiger partial charge in [0.15, 0.2) is 0 Å². The van der Waals surface area contributed by atoms with Gasteiger partial charge >= 0.3 is 0 Å². The summed E-state index contributed by atoms with van der Waals surface area (Å²) in [5.41, 5.74) is 4.61. The maximum absolute atomic E-state index is 12.7. The van der Waals surface area contributed by atoms with Crippen molar-refractivity contribution in [2.24, 2.45) is 11.3 Å². The molecule has 1 aromatic carbocycles. The van der Waals surface area contributed by atoms with Crippen molar-refractivity contribution >= 4 is 5.91 Å². The van der Waals surface area contributed by atoms with Crippen LogP contribution >= 0.6 is 0 Å². The highest BCUT2D eigenvalue weighted by Crippen LogP contribution is 2.37. The highest BCUT2D eigenvalue weighted by atomic mass is 16.5. The van der Waals surface area contributed by atoms with E-state index in [0.29, 0.717) is 11.9 Å². The summed E-state index contributed by atoms with van der Waals surface area (Å²) in [5.74, 6) is 0.530. The van der Waals surface area contributed by atoms with Crippen molar-refractivity contribution < 1.29 is 9.53 Å². The largest absolute Gasteiger partial charge is 0.381 e. The minimum Gasteiger partial charge on any atom is -0.381 e. The number of carbonyl (C=O) groups is 1. The molecule has 3 aliphatic rings. The standard InChI is InChI=1S/C24H37N3O2/c1-24(2,3)22-21-5-4-18(16-20(21)6-9-25-22)17-26-10-12-27(13-11-26)23(28)19-7-14-29-15-8-19/h4-5,16,19,22,25H,6-15,17H2,1-3H3. The number of ether oxygens (including phenoxy) is 1. The Labute approximate surface area is 175 Å². The fourth-order valence-electron chi connectivity index (χ4n) is 5.08. The molecule has 1 N–H and O–H groups in total. The average Bonchev–Trinajstić information content (AvgIpc) is 2.73. The molecule has 0 spiro atoms. The molecule has 3 heterocycles. The maximum atomic E-state index is 12.7. The Morgan fingerprint density at radius 2 is 1.86 bits per heavy atom. The van der Waals surface area contributed by atoms with Gasteiger partial charge in [0.05, 0.1) is 0 Å². The minimum atomic E-state index is 0.181. The van der Waals surface area contributed by atoms with E-state index in [-0.39, 0.29) is 11.3 Å². The molecule has 2 fully saturated rings. The third-order valence-electron chi connectivity index (χ3n) is 6.79. The lowest BCUT2D eigenvalue weighted by Gasteiger charge is -2.38. The first kappa shape index (κ1) is 20.8. The fourth-order valence-corrected chi connectivity index (χ4v) is 5.08. The predicted octanol–water partition coefficient (Wildman–Crippen LogP) is 2.99. The molecule has 0 radical (unpaired) electrons. The Morgan fingerprint density at radius 1 is 1.14 bits per heavy atom. The van der Waals surface area contributed by atoms with E-state index in [1.165, 1.54) is 16.7 Å². The summed E-state index contributed by atoms with van der Waals surface area (Å²) < 4.78 is 5.40. The van der Waals surface area contributed by atoms with Crippen LogP contribution in [0.2, 0.25) is 0 Å². The number of benzene rings is 1. The number of nitrogens with zero attached hydrogens (tertiary/aromatic N) is 2. The van der Waals surface area contributed by atoms with E-state index in [0.717, 1.165) is 71.7 Å². The number of nitrogens with one attached hydrogen (secondary N) is 1. The Bertz CT molecular complexity index is 713. The van der Waals surface area contributed by atoms with E-state index in [9.17, 15) is 4.79 Å². The van der Waals surface area contributed by atoms with Gasteiger partial charge in [-0.25, -0.2) is 0 Å². The first-order valence-electron chi connectivity index (χ1n) is 11.4. The zero-order valence-corrected chi connectivity index (χ0v) is 18.4. The van der Waals surface area contributed by atoms with Crippen LogP contribution in [-0.2, 0) is 22.5 Å². The lowest BCUT2D eigenvalue weighted by molar-refractivity contribution is -0.140. The van der Waals surface area contributed by atoms with Gasteiger partial charge in [0.2, 0.25) is 5.91 Å². The number of fused-ring (bicyclic) bond motifs is 1. The van der Waals surface area contributed by atoms with E-state index < -0.39 is 0 Å². The van der Waals surface area contributed by atoms with Crippen LogP contribution in [0.5, 0.6) is 0 Å². The number of piperazine rings is 1. The van der Waals surface area contributed by atoms with Crippen molar-refractivity contribution in [2.45, 2.75) is 52.6 Å². The van der Waals surface area contributed by atoms with Crippen LogP contribution in [-0.4, -0.2) is 61.6 Å². The molecule has 1 amide bonds. The van der Waals surface area contributed by atoms with Crippen molar-refractivity contribution in [1.29, 1.82) is 0 Å². The lowest BCUT2D eigenvalue weighted by atomic mass is 9.78. The maximum Gasteiger partial charge on any atom is 0.225 e. The highest BCUT2D eigenvalue weighted by molar-refractivity contribution is 5.79. The normalized spacial score (nSPS) is 24.4. The second-order valence-corrected chi connectivity index (χ2v) is 10.0. The smallest absolute Gasteiger partial charge is 0.225 e. The number of hydrogen-bond donors (Lipinski definition) is 1. The number of amides is 1. The van der Waals surface area contributed by atoms with E-state index in [1.54, 1.807) is 0 Å². The van der Waals surface area contributed by atoms with Crippen LogP contribution in [0.1, 0.15) is 56.3 Å². The van der Waals surface area contributed by atoms with Gasteiger partial charge in [0.1, 0.15) is 0 Å². The molecule has 1 aromatic rings. The highest BCUT2D eigenvalue weighted by Gasteiger charge is 2.31. The molecule has 2 saturated heterocycles. The molecule has 5 heteroatoms. The molecule has 0 aromatic heterocycles. The van der Waals surface area contributed by atoms with Crippen molar-refractivity contribution in [2.75, 3.05) is 45.9 Å². The van der Waals surface area contributed by atoms with Gasteiger partial charge in [-0.05, 0) is 47.9 Å². The molecule has 5 nitrogen and oxygen atoms in total. The Kier molecular flexibility index (Phi) is 6.28. The van der Waals surface area contributed by atoms with Gasteiger partial charge in [-0.2, -0.15) is 0 Å². The van der Waals surface area contributed by atoms with E-state index in [1.807, 2.05) is 0 Å². The second kappa shape index (κ2) is 8.75. The molecule has 0 bridgehead atoms. The molecule has 3 aliphatic heterocycles. The Hall–Kier alpha value is -1.43. The first-order valence-corrected chi connectivity index (χ1v) is 11.4. The van der Waals surface area contributed by atoms with Crippen LogP contribution in [0.15, 0.2) is 18.2 Å². The minimum absolute atomic E-state index is 0.181. The van der Waals surface area contributed by atoms with Crippen LogP contribution < -0.4 is 5.32 Å². The van der Waals surface area contributed by atoms with Gasteiger partial charge in [-0.1, -0.05) is 39.0 Å². The zero-order chi connectivity index (χ0) is 20.4. The summed E-state index contributed by atoms with van der Waals surface area (Å²) in [5, 5.41) is 3.70. The lowest BCUT2D eigenvalue weighted by Crippen LogP contribution is -2.50. The van der Waals surface area contributed by atoms with Crippen molar-refractivity contribution in [3.05, 3.63) is 34.9 Å². The molecule has 160 valence electrons. The van der Waals surface area contributed by atoms with E-state index in [2.05, 4.69) is 54.1 Å². The topological polar surface area (TPSA) is 44.8 Å². The number of carbonyl (C=O) groups excluding carboxylic acids is 1. The van der Waals surface area contributed by atoms with Crippen LogP contribution in [0.25, 0.3) is 0 Å². The van der Waals surface area contributed by atoms with Gasteiger partial charge in [0, 0.05) is 57.9 Å². The van der Waals surface area contributed by atoms with Crippen LogP contribution in [0, 0.1) is 11.3 Å². The number of rotatable bonds is 3. The molecule has 0 aliphatic carbocycles. The molecule has 1 unspecified atom stereocenters. The third-order valence-corrected chi connectivity index (χ3v) is 6.79. The summed E-state index contributed by atoms with van der Waals surface area (Å²) in [7, 11) is 0. The van der Waals surface area contributed by atoms with Crippen molar-refractivity contribution in [1.82, 2.24) is 15.1 Å². The summed E-state index contributed by atoms with van der Waals surface area (Å²) in [6, 6.07) is 7.51. The third kappa shape index (κ3) is 4.84. The quantitative estimate of drug-likeness (QED) is 0.849. The molecule has 4 rings (SSSR count). The van der Waals surface area contributed by atoms with Gasteiger partial charge in [0.25, 0.3) is 0 Å². The van der Waals surface area contributed by atoms with Gasteiger partial charge in [-0.3, -0.25) is 9.69 Å². The van der Waals surface area contributed by atoms with Gasteiger partial charge in [-0.15, -0.1) is 0 Å². The molecule has 1 atom stereocenters. The second-order valence-electron chi connectivity index (χ2n) is 10.0. The summed E-state index contributed by atoms with van der Waals surface area (Å²) in [6.07, 6.45) is 2.89. The average molecular weight is 400 g/mol. The zero-order valence-electron chi connectivity index (χ0n) is 18.4. The van der Waals surface area contributed by atoms with Crippen molar-refractivity contribution in [3.8, 4) is 0 Å². The van der Waals surface area contributed by atoms with Crippen LogP contribution in [0.3, 0.4) is 0 Å². The predicted molar refractivity (Wildman–Crippen MR) is 116 cm³/mol. The Morgan fingerprint density at radius 3 is 2.55 bits per heavy atom. The SMILES string of the molecule is CC(C)(C)C1NCCc2cc(CN3CCN(C(=O)C4CCOCC4)CC3)ccc21. The van der Waals surface area contributed by atoms with Crippen LogP contribution in [0.4, 0.5) is 0 Å². The fraction of sp³-hybridized carbons (Fsp3) is 0.708. The summed E-state index contributed by atoms with van der Waals surface area (Å²) in [4.78, 5) is 17.3. The number of hydrogen-bond acceptors (Lipinski definition) is 4. The van der Waals surface area contributed by atoms with E-state index >= 15 is 0 Å². The van der Waals surface area contributed by atoms with Gasteiger partial charge < -0.3 is 15.0 Å². The molecule has 0 saturated carbocycles. The molecular formula is C24H37N3O2. The monoisotopic (exact) mass is 399 g/mol. The summed E-state index contributed by atoms with van der Waals surface area (Å²) in [6.45, 7) is 14.1. The Balaban J connectivity index is 1.33. The summed E-state index contributed by atoms with van der Waals surface area (Å²) >= 11 is 0. The van der Waals surface area contributed by atoms with Crippen molar-refractivity contribution in [3.63, 3.8) is 0 Å². The molecule has 29 heavy (non-hydrogen) atoms. The first-order chi connectivity index (χ1) is 13.9.